The Hall–Kier alpha value is -3.13. The first-order valence-electron chi connectivity index (χ1n) is 8.86. The molecule has 1 unspecified atom stereocenters. The van der Waals surface area contributed by atoms with Crippen LogP contribution in [0.25, 0.3) is 0 Å². The van der Waals surface area contributed by atoms with Crippen molar-refractivity contribution in [2.45, 2.75) is 31.4 Å². The van der Waals surface area contributed by atoms with Crippen molar-refractivity contribution in [1.82, 2.24) is 4.90 Å². The quantitative estimate of drug-likeness (QED) is 0.696. The first kappa shape index (κ1) is 18.7. The average Bonchev–Trinajstić information content (AvgIpc) is 2.68. The lowest BCUT2D eigenvalue weighted by Gasteiger charge is -2.43. The third-order valence-corrected chi connectivity index (χ3v) is 5.11. The summed E-state index contributed by atoms with van der Waals surface area (Å²) in [6, 6.07) is 15.1. The molecule has 1 saturated heterocycles. The Kier molecular flexibility index (Phi) is 5.27. The molecule has 1 aliphatic heterocycles. The maximum absolute atomic E-state index is 13.3. The van der Waals surface area contributed by atoms with E-state index >= 15 is 0 Å². The van der Waals surface area contributed by atoms with Crippen LogP contribution in [0.1, 0.15) is 42.5 Å². The molecule has 0 bridgehead atoms. The highest BCUT2D eigenvalue weighted by Gasteiger charge is 2.42. The highest BCUT2D eigenvalue weighted by Crippen LogP contribution is 2.39. The van der Waals surface area contributed by atoms with Gasteiger partial charge in [0.1, 0.15) is 11.4 Å². The molecule has 0 saturated carbocycles. The molecule has 4 nitrogen and oxygen atoms in total. The van der Waals surface area contributed by atoms with E-state index in [1.807, 2.05) is 19.1 Å². The minimum Gasteiger partial charge on any atom is -0.437 e. The van der Waals surface area contributed by atoms with Crippen LogP contribution in [0.15, 0.2) is 61.2 Å². The van der Waals surface area contributed by atoms with E-state index in [1.54, 1.807) is 35.2 Å². The Morgan fingerprint density at radius 3 is 2.52 bits per heavy atom. The van der Waals surface area contributed by atoms with Crippen LogP contribution in [0.2, 0.25) is 0 Å². The number of halogens is 1. The van der Waals surface area contributed by atoms with E-state index in [0.29, 0.717) is 24.9 Å². The Balaban J connectivity index is 1.82. The first-order valence-corrected chi connectivity index (χ1v) is 8.86. The normalized spacial score (nSPS) is 20.5. The van der Waals surface area contributed by atoms with E-state index in [2.05, 4.69) is 12.6 Å². The predicted molar refractivity (Wildman–Crippen MR) is 100 cm³/mol. The van der Waals surface area contributed by atoms with Gasteiger partial charge in [0.15, 0.2) is 0 Å². The number of hydrogen-bond donors (Lipinski definition) is 0. The summed E-state index contributed by atoms with van der Waals surface area (Å²) < 4.78 is 19.2. The number of ether oxygens (including phenoxy) is 1. The van der Waals surface area contributed by atoms with E-state index in [4.69, 9.17) is 10.00 Å². The molecule has 0 aliphatic carbocycles. The smallest absolute Gasteiger partial charge is 0.411 e. The molecule has 5 heteroatoms. The fourth-order valence-electron chi connectivity index (χ4n) is 3.49. The van der Waals surface area contributed by atoms with Crippen LogP contribution >= 0.6 is 0 Å². The number of cyclic esters (lactones) is 1. The van der Waals surface area contributed by atoms with Gasteiger partial charge in [0.25, 0.3) is 0 Å². The monoisotopic (exact) mass is 364 g/mol. The van der Waals surface area contributed by atoms with Crippen LogP contribution in [0.4, 0.5) is 9.18 Å². The van der Waals surface area contributed by atoms with Crippen molar-refractivity contribution in [1.29, 1.82) is 5.26 Å². The summed E-state index contributed by atoms with van der Waals surface area (Å²) in [6.45, 7) is 6.22. The molecular weight excluding hydrogens is 343 g/mol. The van der Waals surface area contributed by atoms with Crippen LogP contribution in [-0.4, -0.2) is 17.5 Å². The second-order valence-corrected chi connectivity index (χ2v) is 6.72. The van der Waals surface area contributed by atoms with Gasteiger partial charge in [-0.1, -0.05) is 30.3 Å². The average molecular weight is 364 g/mol. The number of hydrogen-bond acceptors (Lipinski definition) is 3. The van der Waals surface area contributed by atoms with Gasteiger partial charge >= 0.3 is 6.09 Å². The minimum absolute atomic E-state index is 0.180. The van der Waals surface area contributed by atoms with Crippen LogP contribution in [0, 0.1) is 17.1 Å². The zero-order valence-corrected chi connectivity index (χ0v) is 15.2. The molecule has 0 spiro atoms. The van der Waals surface area contributed by atoms with Crippen LogP contribution < -0.4 is 0 Å². The summed E-state index contributed by atoms with van der Waals surface area (Å²) in [4.78, 5) is 14.5. The lowest BCUT2D eigenvalue weighted by molar-refractivity contribution is -0.0588. The summed E-state index contributed by atoms with van der Waals surface area (Å²) >= 11 is 0. The molecule has 27 heavy (non-hydrogen) atoms. The lowest BCUT2D eigenvalue weighted by Crippen LogP contribution is -2.48. The van der Waals surface area contributed by atoms with Crippen molar-refractivity contribution in [2.24, 2.45) is 0 Å². The van der Waals surface area contributed by atoms with Crippen LogP contribution in [0.3, 0.4) is 0 Å². The van der Waals surface area contributed by atoms with E-state index in [9.17, 15) is 9.18 Å². The van der Waals surface area contributed by atoms with Gasteiger partial charge in [0.05, 0.1) is 17.7 Å². The lowest BCUT2D eigenvalue weighted by atomic mass is 9.85. The van der Waals surface area contributed by atoms with Crippen molar-refractivity contribution < 1.29 is 13.9 Å². The molecular formula is C22H21FN2O2. The number of carbonyl (C=O) groups excluding carboxylic acids is 1. The Labute approximate surface area is 158 Å². The number of benzene rings is 2. The Morgan fingerprint density at radius 1 is 1.30 bits per heavy atom. The van der Waals surface area contributed by atoms with Gasteiger partial charge < -0.3 is 9.64 Å². The highest BCUT2D eigenvalue weighted by molar-refractivity contribution is 5.70. The molecule has 138 valence electrons. The van der Waals surface area contributed by atoms with E-state index < -0.39 is 11.7 Å². The molecule has 2 atom stereocenters. The number of nitriles is 1. The van der Waals surface area contributed by atoms with Crippen molar-refractivity contribution in [3.8, 4) is 6.07 Å². The van der Waals surface area contributed by atoms with Crippen molar-refractivity contribution in [3.63, 3.8) is 0 Å². The van der Waals surface area contributed by atoms with E-state index in [1.165, 1.54) is 12.1 Å². The maximum atomic E-state index is 13.3. The summed E-state index contributed by atoms with van der Waals surface area (Å²) in [5.74, 6) is -0.328. The van der Waals surface area contributed by atoms with Gasteiger partial charge in [0.2, 0.25) is 0 Å². The number of rotatable bonds is 5. The molecule has 3 rings (SSSR count). The second-order valence-electron chi connectivity index (χ2n) is 6.72. The Morgan fingerprint density at radius 2 is 1.96 bits per heavy atom. The van der Waals surface area contributed by atoms with Crippen LogP contribution in [0.5, 0.6) is 0 Å². The summed E-state index contributed by atoms with van der Waals surface area (Å²) in [5.41, 5.74) is 1.45. The van der Waals surface area contributed by atoms with Gasteiger partial charge in [-0.05, 0) is 42.3 Å². The molecule has 0 N–H and O–H groups in total. The number of amides is 1. The topological polar surface area (TPSA) is 53.3 Å². The fraction of sp³-hybridized carbons (Fsp3) is 0.273. The number of nitrogens with zero attached hydrogens (tertiary/aromatic N) is 2. The third kappa shape index (κ3) is 3.70. The first-order chi connectivity index (χ1) is 13.0. The zero-order valence-electron chi connectivity index (χ0n) is 15.2. The molecule has 0 aromatic heterocycles. The van der Waals surface area contributed by atoms with Crippen molar-refractivity contribution >= 4 is 6.09 Å². The van der Waals surface area contributed by atoms with Gasteiger partial charge in [-0.25, -0.2) is 9.18 Å². The van der Waals surface area contributed by atoms with Crippen molar-refractivity contribution in [2.75, 3.05) is 6.54 Å². The van der Waals surface area contributed by atoms with Gasteiger partial charge in [-0.2, -0.15) is 5.26 Å². The van der Waals surface area contributed by atoms with E-state index in [-0.39, 0.29) is 11.9 Å². The molecule has 1 aliphatic rings. The zero-order chi connectivity index (χ0) is 19.4. The molecule has 1 fully saturated rings. The number of carbonyl (C=O) groups is 1. The summed E-state index contributed by atoms with van der Waals surface area (Å²) in [7, 11) is 0. The van der Waals surface area contributed by atoms with Crippen molar-refractivity contribution in [3.05, 3.63) is 83.7 Å². The largest absolute Gasteiger partial charge is 0.437 e. The molecule has 1 heterocycles. The minimum atomic E-state index is -0.826. The molecule has 2 aromatic carbocycles. The SMILES string of the molecule is C=CCC1(c2ccc(F)cc2)CCN([C@@H](C)c2ccc(C#N)cc2)C(=O)O1. The second kappa shape index (κ2) is 7.63. The fourth-order valence-corrected chi connectivity index (χ4v) is 3.49. The van der Waals surface area contributed by atoms with Gasteiger partial charge in [-0.3, -0.25) is 0 Å². The third-order valence-electron chi connectivity index (χ3n) is 5.11. The molecule has 2 aromatic rings. The summed E-state index contributed by atoms with van der Waals surface area (Å²) in [5, 5.41) is 8.93. The molecule has 1 amide bonds. The molecule has 0 radical (unpaired) electrons. The van der Waals surface area contributed by atoms with E-state index in [0.717, 1.165) is 11.1 Å². The predicted octanol–water partition coefficient (Wildman–Crippen LogP) is 5.07. The van der Waals surface area contributed by atoms with Gasteiger partial charge in [-0.15, -0.1) is 6.58 Å². The summed E-state index contributed by atoms with van der Waals surface area (Å²) in [6.07, 6.45) is 2.35. The highest BCUT2D eigenvalue weighted by atomic mass is 19.1. The Bertz CT molecular complexity index is 871. The van der Waals surface area contributed by atoms with Crippen LogP contribution in [-0.2, 0) is 10.3 Å². The van der Waals surface area contributed by atoms with Gasteiger partial charge in [0, 0.05) is 19.4 Å². The maximum Gasteiger partial charge on any atom is 0.411 e. The standard InChI is InChI=1S/C22H21FN2O2/c1-3-12-22(19-8-10-20(23)11-9-19)13-14-25(21(26)27-22)16(2)18-6-4-17(15-24)5-7-18/h3-11,16H,1,12-14H2,2H3/t16-,22?/m0/s1.